The number of alkyl halides is 3. The molecule has 3 rings (SSSR count). The van der Waals surface area contributed by atoms with Gasteiger partial charge in [0.1, 0.15) is 4.90 Å². The maximum Gasteiger partial charge on any atom is 0.416 e. The van der Waals surface area contributed by atoms with E-state index in [0.29, 0.717) is 11.4 Å². The zero-order valence-electron chi connectivity index (χ0n) is 14.4. The summed E-state index contributed by atoms with van der Waals surface area (Å²) in [5.41, 5.74) is 0.576. The van der Waals surface area contributed by atoms with Crippen LogP contribution in [0.15, 0.2) is 59.5 Å². The van der Waals surface area contributed by atoms with Crippen LogP contribution in [-0.2, 0) is 16.2 Å². The molecular weight excluding hydrogens is 379 g/mol. The third-order valence-electron chi connectivity index (χ3n) is 3.96. The van der Waals surface area contributed by atoms with Crippen molar-refractivity contribution in [1.82, 2.24) is 9.78 Å². The molecule has 0 atom stereocenters. The Labute approximate surface area is 154 Å². The normalized spacial score (nSPS) is 12.2. The number of hydrogen-bond acceptors (Lipinski definition) is 3. The van der Waals surface area contributed by atoms with Crippen LogP contribution < -0.4 is 4.72 Å². The van der Waals surface area contributed by atoms with Crippen LogP contribution in [0.25, 0.3) is 5.69 Å². The Kier molecular flexibility index (Phi) is 4.73. The van der Waals surface area contributed by atoms with Gasteiger partial charge in [-0.25, -0.2) is 13.1 Å². The summed E-state index contributed by atoms with van der Waals surface area (Å²) >= 11 is 0. The van der Waals surface area contributed by atoms with E-state index in [1.165, 1.54) is 4.68 Å². The van der Waals surface area contributed by atoms with E-state index in [1.807, 2.05) is 6.07 Å². The highest BCUT2D eigenvalue weighted by Crippen LogP contribution is 2.31. The minimum Gasteiger partial charge on any atom is -0.280 e. The predicted octanol–water partition coefficient (Wildman–Crippen LogP) is 4.31. The van der Waals surface area contributed by atoms with Crippen molar-refractivity contribution >= 4 is 15.7 Å². The number of sulfonamides is 1. The minimum absolute atomic E-state index is 0.00810. The first-order valence-corrected chi connectivity index (χ1v) is 9.39. The topological polar surface area (TPSA) is 64.0 Å². The van der Waals surface area contributed by atoms with E-state index in [0.717, 1.165) is 24.3 Å². The van der Waals surface area contributed by atoms with Crippen molar-refractivity contribution in [3.63, 3.8) is 0 Å². The maximum atomic E-state index is 12.8. The Bertz CT molecular complexity index is 1060. The van der Waals surface area contributed by atoms with Crippen LogP contribution in [0, 0.1) is 13.8 Å². The fourth-order valence-electron chi connectivity index (χ4n) is 2.77. The van der Waals surface area contributed by atoms with E-state index in [4.69, 9.17) is 0 Å². The molecule has 1 aromatic heterocycles. The molecule has 0 fully saturated rings. The average Bonchev–Trinajstić information content (AvgIpc) is 2.90. The number of rotatable bonds is 4. The number of aromatic nitrogens is 2. The Hall–Kier alpha value is -2.81. The first kappa shape index (κ1) is 19.0. The van der Waals surface area contributed by atoms with Crippen molar-refractivity contribution in [3.8, 4) is 5.69 Å². The molecule has 142 valence electrons. The van der Waals surface area contributed by atoms with Crippen molar-refractivity contribution in [2.45, 2.75) is 24.9 Å². The highest BCUT2D eigenvalue weighted by atomic mass is 32.2. The molecule has 5 nitrogen and oxygen atoms in total. The van der Waals surface area contributed by atoms with Crippen LogP contribution in [0.1, 0.15) is 17.0 Å². The van der Waals surface area contributed by atoms with Gasteiger partial charge in [0, 0.05) is 5.69 Å². The first-order chi connectivity index (χ1) is 12.6. The second-order valence-electron chi connectivity index (χ2n) is 5.93. The van der Waals surface area contributed by atoms with Crippen LogP contribution in [0.5, 0.6) is 0 Å². The number of nitrogens with one attached hydrogen (secondary N) is 1. The van der Waals surface area contributed by atoms with E-state index in [9.17, 15) is 21.6 Å². The molecule has 1 heterocycles. The number of anilines is 1. The summed E-state index contributed by atoms with van der Waals surface area (Å²) < 4.78 is 67.3. The van der Waals surface area contributed by atoms with Crippen LogP contribution in [-0.4, -0.2) is 18.2 Å². The fourth-order valence-corrected chi connectivity index (χ4v) is 4.22. The van der Waals surface area contributed by atoms with E-state index in [1.54, 1.807) is 38.1 Å². The quantitative estimate of drug-likeness (QED) is 0.716. The lowest BCUT2D eigenvalue weighted by Crippen LogP contribution is -2.15. The van der Waals surface area contributed by atoms with Crippen molar-refractivity contribution < 1.29 is 21.6 Å². The predicted molar refractivity (Wildman–Crippen MR) is 95.3 cm³/mol. The molecule has 1 N–H and O–H groups in total. The SMILES string of the molecule is Cc1nn(-c2ccccc2)c(C)c1S(=O)(=O)Nc1ccc(C(F)(F)F)cc1. The second kappa shape index (κ2) is 6.73. The third-order valence-corrected chi connectivity index (χ3v) is 5.59. The molecule has 3 aromatic rings. The fraction of sp³-hybridized carbons (Fsp3) is 0.167. The largest absolute Gasteiger partial charge is 0.416 e. The summed E-state index contributed by atoms with van der Waals surface area (Å²) in [6, 6.07) is 12.8. The lowest BCUT2D eigenvalue weighted by Gasteiger charge is -2.11. The van der Waals surface area contributed by atoms with Gasteiger partial charge >= 0.3 is 6.18 Å². The van der Waals surface area contributed by atoms with E-state index in [-0.39, 0.29) is 16.3 Å². The molecule has 0 aliphatic rings. The van der Waals surface area contributed by atoms with Gasteiger partial charge in [-0.15, -0.1) is 0 Å². The molecule has 0 aliphatic carbocycles. The van der Waals surface area contributed by atoms with Gasteiger partial charge in [-0.05, 0) is 50.2 Å². The van der Waals surface area contributed by atoms with Gasteiger partial charge in [0.25, 0.3) is 10.0 Å². The molecule has 0 saturated heterocycles. The third kappa shape index (κ3) is 3.82. The zero-order valence-corrected chi connectivity index (χ0v) is 15.3. The van der Waals surface area contributed by atoms with Crippen molar-refractivity contribution in [2.24, 2.45) is 0 Å². The van der Waals surface area contributed by atoms with Gasteiger partial charge in [0.15, 0.2) is 0 Å². The molecular formula is C18H16F3N3O2S. The van der Waals surface area contributed by atoms with Crippen LogP contribution >= 0.6 is 0 Å². The number of benzene rings is 2. The summed E-state index contributed by atoms with van der Waals surface area (Å²) in [5.74, 6) is 0. The molecule has 2 aromatic carbocycles. The summed E-state index contributed by atoms with van der Waals surface area (Å²) in [6.45, 7) is 3.18. The van der Waals surface area contributed by atoms with Gasteiger partial charge < -0.3 is 0 Å². The molecule has 0 bridgehead atoms. The van der Waals surface area contributed by atoms with Gasteiger partial charge in [-0.1, -0.05) is 18.2 Å². The molecule has 0 saturated carbocycles. The number of para-hydroxylation sites is 1. The molecule has 0 unspecified atom stereocenters. The number of halogens is 3. The average molecular weight is 395 g/mol. The molecule has 0 spiro atoms. The maximum absolute atomic E-state index is 12.8. The highest BCUT2D eigenvalue weighted by Gasteiger charge is 2.30. The Morgan fingerprint density at radius 1 is 0.963 bits per heavy atom. The minimum atomic E-state index is -4.48. The van der Waals surface area contributed by atoms with Crippen molar-refractivity contribution in [2.75, 3.05) is 4.72 Å². The molecule has 27 heavy (non-hydrogen) atoms. The summed E-state index contributed by atoms with van der Waals surface area (Å²) in [4.78, 5) is -0.00810. The number of nitrogens with zero attached hydrogens (tertiary/aromatic N) is 2. The van der Waals surface area contributed by atoms with E-state index < -0.39 is 21.8 Å². The second-order valence-corrected chi connectivity index (χ2v) is 7.55. The van der Waals surface area contributed by atoms with Gasteiger partial charge in [-0.3, -0.25) is 4.72 Å². The molecule has 0 amide bonds. The number of aryl methyl sites for hydroxylation is 1. The highest BCUT2D eigenvalue weighted by molar-refractivity contribution is 7.92. The lowest BCUT2D eigenvalue weighted by atomic mass is 10.2. The van der Waals surface area contributed by atoms with E-state index in [2.05, 4.69) is 9.82 Å². The molecule has 9 heteroatoms. The molecule has 0 aliphatic heterocycles. The Morgan fingerprint density at radius 2 is 1.56 bits per heavy atom. The number of hydrogen-bond donors (Lipinski definition) is 1. The van der Waals surface area contributed by atoms with Gasteiger partial charge in [0.05, 0.1) is 22.6 Å². The molecule has 0 radical (unpaired) electrons. The summed E-state index contributed by atoms with van der Waals surface area (Å²) in [6.07, 6.45) is -4.48. The van der Waals surface area contributed by atoms with Gasteiger partial charge in [-0.2, -0.15) is 18.3 Å². The summed E-state index contributed by atoms with van der Waals surface area (Å²) in [5, 5.41) is 4.28. The zero-order chi connectivity index (χ0) is 19.8. The van der Waals surface area contributed by atoms with Crippen LogP contribution in [0.2, 0.25) is 0 Å². The first-order valence-electron chi connectivity index (χ1n) is 7.91. The van der Waals surface area contributed by atoms with Crippen molar-refractivity contribution in [1.29, 1.82) is 0 Å². The van der Waals surface area contributed by atoms with Crippen LogP contribution in [0.4, 0.5) is 18.9 Å². The van der Waals surface area contributed by atoms with E-state index >= 15 is 0 Å². The van der Waals surface area contributed by atoms with Gasteiger partial charge in [0.2, 0.25) is 0 Å². The monoisotopic (exact) mass is 395 g/mol. The smallest absolute Gasteiger partial charge is 0.280 e. The van der Waals surface area contributed by atoms with Crippen LogP contribution in [0.3, 0.4) is 0 Å². The Morgan fingerprint density at radius 3 is 2.11 bits per heavy atom. The van der Waals surface area contributed by atoms with Crippen molar-refractivity contribution in [3.05, 3.63) is 71.5 Å². The summed E-state index contributed by atoms with van der Waals surface area (Å²) in [7, 11) is -4.02. The Balaban J connectivity index is 1.95. The lowest BCUT2D eigenvalue weighted by molar-refractivity contribution is -0.137. The standard InChI is InChI=1S/C18H16F3N3O2S/c1-12-17(13(2)24(22-12)16-6-4-3-5-7-16)27(25,26)23-15-10-8-14(9-11-15)18(19,20)21/h3-11,23H,1-2H3.